The smallest absolute Gasteiger partial charge is 0.0645 e. The number of hydrogen-bond donors (Lipinski definition) is 1. The van der Waals surface area contributed by atoms with Crippen LogP contribution in [-0.4, -0.2) is 14.3 Å². The van der Waals surface area contributed by atoms with E-state index in [1.54, 1.807) is 0 Å². The number of nitrogens with zero attached hydrogens (tertiary/aromatic N) is 3. The average molecular weight is 240 g/mol. The Morgan fingerprint density at radius 2 is 2.11 bits per heavy atom. The predicted octanol–water partition coefficient (Wildman–Crippen LogP) is 2.31. The molecular formula is C14H16N4. The highest BCUT2D eigenvalue weighted by Gasteiger charge is 2.07. The van der Waals surface area contributed by atoms with E-state index < -0.39 is 0 Å². The highest BCUT2D eigenvalue weighted by molar-refractivity contribution is 5.91. The molecule has 0 aliphatic carbocycles. The molecule has 2 aromatic heterocycles. The lowest BCUT2D eigenvalue weighted by Gasteiger charge is -2.06. The van der Waals surface area contributed by atoms with Crippen LogP contribution >= 0.6 is 0 Å². The fourth-order valence-electron chi connectivity index (χ4n) is 2.37. The summed E-state index contributed by atoms with van der Waals surface area (Å²) in [7, 11) is 1.97. The van der Waals surface area contributed by atoms with Gasteiger partial charge in [-0.05, 0) is 31.2 Å². The Morgan fingerprint density at radius 3 is 2.83 bits per heavy atom. The molecular weight excluding hydrogens is 224 g/mol. The summed E-state index contributed by atoms with van der Waals surface area (Å²) in [6.07, 6.45) is 2.07. The highest BCUT2D eigenvalue weighted by Crippen LogP contribution is 2.22. The van der Waals surface area contributed by atoms with Crippen LogP contribution in [0.5, 0.6) is 0 Å². The van der Waals surface area contributed by atoms with Crippen molar-refractivity contribution in [1.29, 1.82) is 0 Å². The van der Waals surface area contributed by atoms with Crippen molar-refractivity contribution in [2.75, 3.05) is 5.73 Å². The maximum atomic E-state index is 5.97. The molecule has 2 N–H and O–H groups in total. The van der Waals surface area contributed by atoms with Gasteiger partial charge in [0.1, 0.15) is 0 Å². The highest BCUT2D eigenvalue weighted by atomic mass is 15.3. The van der Waals surface area contributed by atoms with Crippen LogP contribution in [0.3, 0.4) is 0 Å². The Labute approximate surface area is 106 Å². The summed E-state index contributed by atoms with van der Waals surface area (Å²) < 4.78 is 4.12. The second kappa shape index (κ2) is 3.91. The van der Waals surface area contributed by atoms with Gasteiger partial charge in [0.25, 0.3) is 0 Å². The summed E-state index contributed by atoms with van der Waals surface area (Å²) in [5, 5.41) is 5.48. The molecule has 0 spiro atoms. The zero-order valence-corrected chi connectivity index (χ0v) is 10.6. The summed E-state index contributed by atoms with van der Waals surface area (Å²) in [6.45, 7) is 2.82. The van der Waals surface area contributed by atoms with Crippen LogP contribution in [0.4, 0.5) is 5.69 Å². The van der Waals surface area contributed by atoms with Crippen molar-refractivity contribution in [2.24, 2.45) is 7.05 Å². The lowest BCUT2D eigenvalue weighted by molar-refractivity contribution is 0.673. The van der Waals surface area contributed by atoms with Crippen LogP contribution in [-0.2, 0) is 13.6 Å². The SMILES string of the molecule is Cc1cc(Cn2ccc3c(N)cccc32)n(C)n1. The molecule has 0 unspecified atom stereocenters. The largest absolute Gasteiger partial charge is 0.398 e. The van der Waals surface area contributed by atoms with Crippen molar-refractivity contribution in [3.8, 4) is 0 Å². The van der Waals surface area contributed by atoms with E-state index in [2.05, 4.69) is 34.1 Å². The monoisotopic (exact) mass is 240 g/mol. The molecule has 0 aliphatic heterocycles. The van der Waals surface area contributed by atoms with Crippen LogP contribution in [0, 0.1) is 6.92 Å². The van der Waals surface area contributed by atoms with E-state index >= 15 is 0 Å². The number of nitrogen functional groups attached to an aromatic ring is 1. The fraction of sp³-hybridized carbons (Fsp3) is 0.214. The minimum atomic E-state index is 0.810. The Kier molecular flexibility index (Phi) is 2.37. The van der Waals surface area contributed by atoms with Crippen molar-refractivity contribution in [2.45, 2.75) is 13.5 Å². The van der Waals surface area contributed by atoms with Gasteiger partial charge >= 0.3 is 0 Å². The molecule has 4 nitrogen and oxygen atoms in total. The lowest BCUT2D eigenvalue weighted by atomic mass is 10.2. The number of nitrogens with two attached hydrogens (primary N) is 1. The van der Waals surface area contributed by atoms with E-state index in [-0.39, 0.29) is 0 Å². The first-order valence-electron chi connectivity index (χ1n) is 5.98. The minimum Gasteiger partial charge on any atom is -0.398 e. The molecule has 0 fully saturated rings. The van der Waals surface area contributed by atoms with E-state index in [4.69, 9.17) is 5.73 Å². The van der Waals surface area contributed by atoms with Gasteiger partial charge < -0.3 is 10.3 Å². The van der Waals surface area contributed by atoms with Crippen LogP contribution in [0.2, 0.25) is 0 Å². The first-order valence-corrected chi connectivity index (χ1v) is 5.98. The van der Waals surface area contributed by atoms with Crippen LogP contribution in [0.25, 0.3) is 10.9 Å². The average Bonchev–Trinajstić information content (AvgIpc) is 2.86. The molecule has 92 valence electrons. The van der Waals surface area contributed by atoms with Crippen molar-refractivity contribution in [3.63, 3.8) is 0 Å². The van der Waals surface area contributed by atoms with Gasteiger partial charge in [0.05, 0.1) is 23.4 Å². The van der Waals surface area contributed by atoms with Crippen LogP contribution in [0.15, 0.2) is 36.5 Å². The second-order valence-corrected chi connectivity index (χ2v) is 4.62. The maximum absolute atomic E-state index is 5.97. The zero-order valence-electron chi connectivity index (χ0n) is 10.6. The van der Waals surface area contributed by atoms with Gasteiger partial charge in [-0.15, -0.1) is 0 Å². The van der Waals surface area contributed by atoms with Crippen molar-refractivity contribution >= 4 is 16.6 Å². The third-order valence-corrected chi connectivity index (χ3v) is 3.28. The van der Waals surface area contributed by atoms with E-state index in [0.29, 0.717) is 0 Å². The fourth-order valence-corrected chi connectivity index (χ4v) is 2.37. The molecule has 0 amide bonds. The topological polar surface area (TPSA) is 48.8 Å². The molecule has 3 rings (SSSR count). The van der Waals surface area contributed by atoms with Crippen molar-refractivity contribution in [3.05, 3.63) is 47.9 Å². The Bertz CT molecular complexity index is 706. The maximum Gasteiger partial charge on any atom is 0.0645 e. The number of anilines is 1. The van der Waals surface area contributed by atoms with Gasteiger partial charge in [0, 0.05) is 24.3 Å². The summed E-state index contributed by atoms with van der Waals surface area (Å²) >= 11 is 0. The zero-order chi connectivity index (χ0) is 12.7. The van der Waals surface area contributed by atoms with E-state index in [0.717, 1.165) is 28.8 Å². The number of hydrogen-bond acceptors (Lipinski definition) is 2. The Morgan fingerprint density at radius 1 is 1.28 bits per heavy atom. The van der Waals surface area contributed by atoms with Crippen LogP contribution in [0.1, 0.15) is 11.4 Å². The number of aryl methyl sites for hydroxylation is 2. The molecule has 0 saturated carbocycles. The number of fused-ring (bicyclic) bond motifs is 1. The summed E-state index contributed by atoms with van der Waals surface area (Å²) in [6, 6.07) is 10.2. The van der Waals surface area contributed by atoms with E-state index in [1.165, 1.54) is 5.69 Å². The van der Waals surface area contributed by atoms with Gasteiger partial charge in [-0.1, -0.05) is 6.07 Å². The molecule has 0 radical (unpaired) electrons. The normalized spacial score (nSPS) is 11.2. The third-order valence-electron chi connectivity index (χ3n) is 3.28. The number of benzene rings is 1. The predicted molar refractivity (Wildman–Crippen MR) is 73.4 cm³/mol. The Balaban J connectivity index is 2.05. The standard InChI is InChI=1S/C14H16N4/c1-10-8-11(17(2)16-10)9-18-7-6-12-13(15)4-3-5-14(12)18/h3-8H,9,15H2,1-2H3. The molecule has 18 heavy (non-hydrogen) atoms. The van der Waals surface area contributed by atoms with Crippen molar-refractivity contribution < 1.29 is 0 Å². The molecule has 3 aromatic rings. The number of rotatable bonds is 2. The third kappa shape index (κ3) is 1.66. The summed E-state index contributed by atoms with van der Waals surface area (Å²) in [4.78, 5) is 0. The molecule has 0 atom stereocenters. The molecule has 2 heterocycles. The van der Waals surface area contributed by atoms with Crippen molar-refractivity contribution in [1.82, 2.24) is 14.3 Å². The molecule has 0 aliphatic rings. The summed E-state index contributed by atoms with van der Waals surface area (Å²) in [5.41, 5.74) is 10.2. The molecule has 1 aromatic carbocycles. The summed E-state index contributed by atoms with van der Waals surface area (Å²) in [5.74, 6) is 0. The molecule has 4 heteroatoms. The first kappa shape index (κ1) is 10.9. The number of aromatic nitrogens is 3. The van der Waals surface area contributed by atoms with Crippen LogP contribution < -0.4 is 5.73 Å². The van der Waals surface area contributed by atoms with Gasteiger partial charge in [0.2, 0.25) is 0 Å². The first-order chi connectivity index (χ1) is 8.65. The second-order valence-electron chi connectivity index (χ2n) is 4.62. The van der Waals surface area contributed by atoms with E-state index in [1.807, 2.05) is 30.8 Å². The van der Waals surface area contributed by atoms with Gasteiger partial charge in [-0.25, -0.2) is 0 Å². The molecule has 0 saturated heterocycles. The van der Waals surface area contributed by atoms with E-state index in [9.17, 15) is 0 Å². The quantitative estimate of drug-likeness (QED) is 0.699. The minimum absolute atomic E-state index is 0.810. The Hall–Kier alpha value is -2.23. The van der Waals surface area contributed by atoms with Gasteiger partial charge in [0.15, 0.2) is 0 Å². The van der Waals surface area contributed by atoms with Gasteiger partial charge in [-0.3, -0.25) is 4.68 Å². The van der Waals surface area contributed by atoms with Gasteiger partial charge in [-0.2, -0.15) is 5.10 Å². The molecule has 0 bridgehead atoms. The lowest BCUT2D eigenvalue weighted by Crippen LogP contribution is -2.04.